The summed E-state index contributed by atoms with van der Waals surface area (Å²) in [5, 5.41) is 0. The minimum atomic E-state index is -0.320. The Morgan fingerprint density at radius 1 is 1.35 bits per heavy atom. The molecule has 0 aromatic heterocycles. The van der Waals surface area contributed by atoms with Crippen molar-refractivity contribution in [2.75, 3.05) is 24.6 Å². The third-order valence-electron chi connectivity index (χ3n) is 2.35. The fraction of sp³-hybridized carbons (Fsp3) is 0.267. The minimum absolute atomic E-state index is 0. The van der Waals surface area contributed by atoms with E-state index in [-0.39, 0.29) is 46.0 Å². The van der Waals surface area contributed by atoms with Crippen molar-refractivity contribution >= 4 is 34.7 Å². The standard InChI is InChI=1S/C15H18NO2.BrH.Mg/c1-4-11-16(12-5-2)14-9-7-13(8-10-14)15(17)18-6-3;;/h4-5,7-9H,1-2,6,11-12H2,3H3;1H;/q-1;;+2/p-1. The first-order valence-corrected chi connectivity index (χ1v) is 5.88. The predicted octanol–water partition coefficient (Wildman–Crippen LogP) is -0.535. The van der Waals surface area contributed by atoms with Crippen LogP contribution in [0.15, 0.2) is 43.5 Å². The number of nitrogens with zero attached hydrogens (tertiary/aromatic N) is 1. The van der Waals surface area contributed by atoms with Crippen molar-refractivity contribution in [2.45, 2.75) is 6.92 Å². The second-order valence-electron chi connectivity index (χ2n) is 3.67. The van der Waals surface area contributed by atoms with Gasteiger partial charge in [-0.2, -0.15) is 18.2 Å². The number of benzene rings is 1. The molecule has 1 aromatic rings. The molecule has 0 saturated heterocycles. The van der Waals surface area contributed by atoms with Crippen LogP contribution in [0, 0.1) is 6.07 Å². The zero-order chi connectivity index (χ0) is 13.4. The molecule has 0 atom stereocenters. The van der Waals surface area contributed by atoms with Crippen molar-refractivity contribution in [1.82, 2.24) is 0 Å². The number of esters is 1. The molecular weight excluding hydrogens is 330 g/mol. The van der Waals surface area contributed by atoms with Crippen molar-refractivity contribution < 1.29 is 26.5 Å². The maximum Gasteiger partial charge on any atom is 2.00 e. The first-order valence-electron chi connectivity index (χ1n) is 5.88. The Morgan fingerprint density at radius 3 is 2.35 bits per heavy atom. The van der Waals surface area contributed by atoms with Gasteiger partial charge in [0, 0.05) is 13.1 Å². The van der Waals surface area contributed by atoms with Gasteiger partial charge in [0.25, 0.3) is 5.97 Å². The van der Waals surface area contributed by atoms with Crippen LogP contribution in [-0.2, 0) is 4.74 Å². The van der Waals surface area contributed by atoms with Crippen LogP contribution in [0.1, 0.15) is 17.3 Å². The summed E-state index contributed by atoms with van der Waals surface area (Å²) in [5.41, 5.74) is 1.42. The van der Waals surface area contributed by atoms with Crippen molar-refractivity contribution in [2.24, 2.45) is 0 Å². The van der Waals surface area contributed by atoms with E-state index in [1.165, 1.54) is 0 Å². The van der Waals surface area contributed by atoms with Crippen LogP contribution in [0.4, 0.5) is 5.69 Å². The van der Waals surface area contributed by atoms with Crippen molar-refractivity contribution in [3.63, 3.8) is 0 Å². The van der Waals surface area contributed by atoms with Gasteiger partial charge in [-0.3, -0.25) is 4.79 Å². The molecule has 20 heavy (non-hydrogen) atoms. The quantitative estimate of drug-likeness (QED) is 0.287. The van der Waals surface area contributed by atoms with Crippen LogP contribution in [-0.4, -0.2) is 48.7 Å². The molecule has 0 N–H and O–H groups in total. The number of rotatable bonds is 7. The summed E-state index contributed by atoms with van der Waals surface area (Å²) in [6.07, 6.45) is 3.63. The molecule has 0 fully saturated rings. The summed E-state index contributed by atoms with van der Waals surface area (Å²) >= 11 is 0. The van der Waals surface area contributed by atoms with Crippen LogP contribution in [0.5, 0.6) is 0 Å². The second kappa shape index (κ2) is 12.0. The van der Waals surface area contributed by atoms with E-state index in [1.54, 1.807) is 19.1 Å². The summed E-state index contributed by atoms with van der Waals surface area (Å²) in [7, 11) is 0. The van der Waals surface area contributed by atoms with E-state index in [9.17, 15) is 4.79 Å². The first kappa shape index (κ1) is 21.5. The van der Waals surface area contributed by atoms with Crippen molar-refractivity contribution in [3.8, 4) is 0 Å². The van der Waals surface area contributed by atoms with Gasteiger partial charge in [-0.05, 0) is 6.92 Å². The second-order valence-corrected chi connectivity index (χ2v) is 3.67. The number of anilines is 1. The number of carbonyl (C=O) groups is 1. The van der Waals surface area contributed by atoms with E-state index >= 15 is 0 Å². The molecule has 0 heterocycles. The molecule has 0 aliphatic heterocycles. The molecule has 0 aliphatic carbocycles. The third-order valence-corrected chi connectivity index (χ3v) is 2.35. The van der Waals surface area contributed by atoms with Gasteiger partial charge < -0.3 is 26.6 Å². The van der Waals surface area contributed by atoms with Gasteiger partial charge in [0.15, 0.2) is 0 Å². The zero-order valence-corrected chi connectivity index (χ0v) is 14.8. The Hall–Kier alpha value is -0.784. The fourth-order valence-corrected chi connectivity index (χ4v) is 1.54. The third kappa shape index (κ3) is 6.59. The van der Waals surface area contributed by atoms with E-state index in [4.69, 9.17) is 4.74 Å². The van der Waals surface area contributed by atoms with E-state index in [2.05, 4.69) is 24.1 Å². The SMILES string of the molecule is C=CCN(CC=C)c1[c-]cc(C(=O)OCC)cc1.[Br-].[Mg+2]. The van der Waals surface area contributed by atoms with Crippen molar-refractivity contribution in [1.29, 1.82) is 0 Å². The Bertz CT molecular complexity index is 410. The van der Waals surface area contributed by atoms with Crippen LogP contribution in [0.3, 0.4) is 0 Å². The smallest absolute Gasteiger partial charge is 1.00 e. The monoisotopic (exact) mass is 347 g/mol. The van der Waals surface area contributed by atoms with Gasteiger partial charge in [0.2, 0.25) is 0 Å². The molecule has 0 spiro atoms. The molecule has 0 amide bonds. The number of ether oxygens (including phenoxy) is 1. The summed E-state index contributed by atoms with van der Waals surface area (Å²) in [6, 6.07) is 8.31. The summed E-state index contributed by atoms with van der Waals surface area (Å²) in [4.78, 5) is 13.5. The number of carbonyl (C=O) groups excluding carboxylic acids is 1. The number of halogens is 1. The molecular formula is C15H18BrMgNO2. The van der Waals surface area contributed by atoms with Crippen LogP contribution in [0.2, 0.25) is 0 Å². The number of hydrogen-bond acceptors (Lipinski definition) is 3. The molecule has 104 valence electrons. The van der Waals surface area contributed by atoms with E-state index in [1.807, 2.05) is 18.2 Å². The van der Waals surface area contributed by atoms with Gasteiger partial charge in [-0.25, -0.2) is 0 Å². The molecule has 0 unspecified atom stereocenters. The van der Waals surface area contributed by atoms with Gasteiger partial charge in [-0.1, -0.05) is 23.4 Å². The number of hydrogen-bond donors (Lipinski definition) is 0. The maximum absolute atomic E-state index is 11.5. The molecule has 0 saturated carbocycles. The molecule has 0 radical (unpaired) electrons. The van der Waals surface area contributed by atoms with Crippen LogP contribution in [0.25, 0.3) is 0 Å². The average Bonchev–Trinajstić information content (AvgIpc) is 2.39. The first-order chi connectivity index (χ1) is 8.72. The minimum Gasteiger partial charge on any atom is -1.00 e. The predicted molar refractivity (Wildman–Crippen MR) is 79.6 cm³/mol. The Balaban J connectivity index is 0. The zero-order valence-electron chi connectivity index (χ0n) is 11.8. The van der Waals surface area contributed by atoms with Gasteiger partial charge in [0.1, 0.15) is 0 Å². The molecule has 0 bridgehead atoms. The molecule has 1 rings (SSSR count). The van der Waals surface area contributed by atoms with E-state index in [0.717, 1.165) is 5.69 Å². The maximum atomic E-state index is 11.5. The molecule has 0 aliphatic rings. The topological polar surface area (TPSA) is 29.5 Å². The van der Waals surface area contributed by atoms with Gasteiger partial charge >= 0.3 is 23.1 Å². The summed E-state index contributed by atoms with van der Waals surface area (Å²) in [6.45, 7) is 11.0. The van der Waals surface area contributed by atoms with E-state index in [0.29, 0.717) is 25.3 Å². The molecule has 1 aromatic carbocycles. The Kier molecular flexibility index (Phi) is 12.9. The molecule has 5 heteroatoms. The largest absolute Gasteiger partial charge is 2.00 e. The Morgan fingerprint density at radius 2 is 1.95 bits per heavy atom. The van der Waals surface area contributed by atoms with E-state index < -0.39 is 0 Å². The van der Waals surface area contributed by atoms with Crippen LogP contribution < -0.4 is 21.9 Å². The molecule has 3 nitrogen and oxygen atoms in total. The van der Waals surface area contributed by atoms with Gasteiger partial charge in [-0.15, -0.1) is 19.2 Å². The fourth-order valence-electron chi connectivity index (χ4n) is 1.54. The summed E-state index contributed by atoms with van der Waals surface area (Å²) in [5.74, 6) is -0.320. The van der Waals surface area contributed by atoms with Crippen LogP contribution >= 0.6 is 0 Å². The Labute approximate surface area is 147 Å². The normalized spacial score (nSPS) is 8.65. The van der Waals surface area contributed by atoms with Crippen molar-refractivity contribution in [3.05, 3.63) is 55.1 Å². The summed E-state index contributed by atoms with van der Waals surface area (Å²) < 4.78 is 4.92. The average molecular weight is 349 g/mol. The van der Waals surface area contributed by atoms with Gasteiger partial charge in [0.05, 0.1) is 6.61 Å².